The summed E-state index contributed by atoms with van der Waals surface area (Å²) in [7, 11) is 0. The quantitative estimate of drug-likeness (QED) is 0.571. The van der Waals surface area contributed by atoms with E-state index < -0.39 is 11.2 Å². The molecule has 0 radical (unpaired) electrons. The first-order valence-corrected chi connectivity index (χ1v) is 14.5. The van der Waals surface area contributed by atoms with Crippen molar-refractivity contribution in [3.8, 4) is 5.82 Å². The predicted molar refractivity (Wildman–Crippen MR) is 145 cm³/mol. The van der Waals surface area contributed by atoms with Gasteiger partial charge in [0, 0.05) is 24.2 Å². The van der Waals surface area contributed by atoms with Gasteiger partial charge in [-0.15, -0.1) is 0 Å². The molecule has 1 aromatic carbocycles. The van der Waals surface area contributed by atoms with E-state index in [1.165, 1.54) is 64.2 Å². The Balaban J connectivity index is 1.27. The lowest BCUT2D eigenvalue weighted by Crippen LogP contribution is -2.58. The summed E-state index contributed by atoms with van der Waals surface area (Å²) in [6.07, 6.45) is 16.2. The van der Waals surface area contributed by atoms with Crippen LogP contribution in [0, 0.1) is 11.8 Å². The Morgan fingerprint density at radius 2 is 1.47 bits per heavy atom. The lowest BCUT2D eigenvalue weighted by molar-refractivity contribution is -0.0420. The van der Waals surface area contributed by atoms with Crippen LogP contribution in [0.25, 0.3) is 16.9 Å². The van der Waals surface area contributed by atoms with Gasteiger partial charge in [0.15, 0.2) is 0 Å². The van der Waals surface area contributed by atoms with Gasteiger partial charge in [0.1, 0.15) is 6.20 Å². The molecule has 2 aliphatic carbocycles. The molecule has 0 amide bonds. The molecule has 3 aromatic rings. The summed E-state index contributed by atoms with van der Waals surface area (Å²) in [6.45, 7) is 0. The molecule has 2 saturated carbocycles. The molecule has 38 heavy (non-hydrogen) atoms. The number of para-hydroxylation sites is 2. The molecule has 4 aliphatic rings. The standard InChI is InChI=1S/C29H36N6O3/c36-26-17-30-35(29(38)32-26)27-28(37)34(25-11-4-3-10-24(25)31-27)23-15-20-8-5-9-21(16-23)33(20)22-13-18-6-1-2-7-19(12-18)14-22/h3-4,10-11,17-23H,1-2,5-9,12-16H2,(H,32,36,38)/t18-,19+,20-,21+,22?,23?. The van der Waals surface area contributed by atoms with Crippen molar-refractivity contribution >= 4 is 11.0 Å². The number of piperidine rings is 2. The molecule has 200 valence electrons. The minimum Gasteiger partial charge on any atom is -0.300 e. The lowest BCUT2D eigenvalue weighted by atomic mass is 9.73. The fourth-order valence-corrected chi connectivity index (χ4v) is 8.45. The van der Waals surface area contributed by atoms with Gasteiger partial charge in [-0.2, -0.15) is 9.78 Å². The van der Waals surface area contributed by atoms with Crippen LogP contribution in [0.1, 0.15) is 83.1 Å². The van der Waals surface area contributed by atoms with Crippen LogP contribution in [0.2, 0.25) is 0 Å². The maximum Gasteiger partial charge on any atom is 0.351 e. The minimum atomic E-state index is -0.755. The van der Waals surface area contributed by atoms with Gasteiger partial charge >= 0.3 is 5.69 Å². The van der Waals surface area contributed by atoms with Crippen molar-refractivity contribution in [3.05, 3.63) is 61.7 Å². The zero-order valence-corrected chi connectivity index (χ0v) is 21.8. The number of nitrogens with zero attached hydrogens (tertiary/aromatic N) is 5. The number of H-pyrrole nitrogens is 1. The number of nitrogens with one attached hydrogen (secondary N) is 1. The highest BCUT2D eigenvalue weighted by Crippen LogP contribution is 2.46. The fraction of sp³-hybridized carbons (Fsp3) is 0.621. The third kappa shape index (κ3) is 4.15. The Morgan fingerprint density at radius 1 is 0.763 bits per heavy atom. The highest BCUT2D eigenvalue weighted by Gasteiger charge is 2.45. The van der Waals surface area contributed by atoms with E-state index in [-0.39, 0.29) is 17.4 Å². The Labute approximate surface area is 220 Å². The van der Waals surface area contributed by atoms with Crippen LogP contribution in [-0.2, 0) is 0 Å². The molecule has 0 spiro atoms. The minimum absolute atomic E-state index is 0.0324. The van der Waals surface area contributed by atoms with Crippen molar-refractivity contribution in [2.24, 2.45) is 11.8 Å². The van der Waals surface area contributed by atoms with Gasteiger partial charge in [-0.05, 0) is 68.9 Å². The molecule has 7 rings (SSSR count). The fourth-order valence-electron chi connectivity index (χ4n) is 8.45. The number of rotatable bonds is 3. The van der Waals surface area contributed by atoms with E-state index in [2.05, 4.69) is 20.0 Å². The van der Waals surface area contributed by atoms with Crippen molar-refractivity contribution in [1.29, 1.82) is 0 Å². The third-order valence-corrected chi connectivity index (χ3v) is 9.84. The van der Waals surface area contributed by atoms with Crippen molar-refractivity contribution in [3.63, 3.8) is 0 Å². The number of fused-ring (bicyclic) bond motifs is 5. The second-order valence-electron chi connectivity index (χ2n) is 12.1. The van der Waals surface area contributed by atoms with Gasteiger partial charge in [0.25, 0.3) is 11.1 Å². The number of benzene rings is 1. The van der Waals surface area contributed by atoms with E-state index in [9.17, 15) is 14.4 Å². The number of hydrogen-bond acceptors (Lipinski definition) is 6. The first-order valence-electron chi connectivity index (χ1n) is 14.5. The molecule has 2 unspecified atom stereocenters. The Morgan fingerprint density at radius 3 is 2.18 bits per heavy atom. The Bertz CT molecular complexity index is 1500. The van der Waals surface area contributed by atoms with Crippen LogP contribution in [0.5, 0.6) is 0 Å². The first-order chi connectivity index (χ1) is 18.5. The molecule has 2 aromatic heterocycles. The second kappa shape index (κ2) is 9.59. The van der Waals surface area contributed by atoms with Crippen LogP contribution in [0.4, 0.5) is 0 Å². The van der Waals surface area contributed by atoms with E-state index in [0.29, 0.717) is 23.6 Å². The summed E-state index contributed by atoms with van der Waals surface area (Å²) in [5.74, 6) is 1.71. The van der Waals surface area contributed by atoms with Crippen molar-refractivity contribution in [2.75, 3.05) is 0 Å². The summed E-state index contributed by atoms with van der Waals surface area (Å²) in [4.78, 5) is 47.8. The normalized spacial score (nSPS) is 31.7. The summed E-state index contributed by atoms with van der Waals surface area (Å²) in [5.41, 5.74) is -0.250. The van der Waals surface area contributed by atoms with E-state index in [0.717, 1.165) is 41.1 Å². The molecule has 4 bridgehead atoms. The van der Waals surface area contributed by atoms with Crippen molar-refractivity contribution < 1.29 is 0 Å². The smallest absolute Gasteiger partial charge is 0.300 e. The molecule has 9 heteroatoms. The third-order valence-electron chi connectivity index (χ3n) is 9.84. The topological polar surface area (TPSA) is 106 Å². The SMILES string of the molecule is O=c1cnn(-c2nc3ccccc3n(C3C[C@H]4CCC[C@@H](C3)N4C3C[C@H]4CCCC[C@@H](C3)C4)c2=O)c(=O)[nH]1. The van der Waals surface area contributed by atoms with Gasteiger partial charge in [-0.3, -0.25) is 19.5 Å². The number of aromatic nitrogens is 5. The molecular formula is C29H36N6O3. The van der Waals surface area contributed by atoms with Gasteiger partial charge in [-0.1, -0.05) is 44.2 Å². The molecule has 6 atom stereocenters. The van der Waals surface area contributed by atoms with Gasteiger partial charge in [0.05, 0.1) is 11.0 Å². The summed E-state index contributed by atoms with van der Waals surface area (Å²) >= 11 is 0. The molecule has 1 N–H and O–H groups in total. The molecule has 4 heterocycles. The van der Waals surface area contributed by atoms with Crippen LogP contribution < -0.4 is 16.8 Å². The van der Waals surface area contributed by atoms with Crippen molar-refractivity contribution in [1.82, 2.24) is 29.2 Å². The van der Waals surface area contributed by atoms with Crippen LogP contribution in [0.3, 0.4) is 0 Å². The van der Waals surface area contributed by atoms with Crippen LogP contribution >= 0.6 is 0 Å². The zero-order chi connectivity index (χ0) is 25.8. The highest BCUT2D eigenvalue weighted by atomic mass is 16.2. The average Bonchev–Trinajstić information content (AvgIpc) is 3.07. The lowest BCUT2D eigenvalue weighted by Gasteiger charge is -2.54. The Hall–Kier alpha value is -3.07. The van der Waals surface area contributed by atoms with Crippen molar-refractivity contribution in [2.45, 2.75) is 101 Å². The molecule has 4 fully saturated rings. The molecule has 2 saturated heterocycles. The van der Waals surface area contributed by atoms with E-state index >= 15 is 0 Å². The maximum absolute atomic E-state index is 14.0. The maximum atomic E-state index is 14.0. The van der Waals surface area contributed by atoms with Crippen LogP contribution in [0.15, 0.2) is 44.8 Å². The average molecular weight is 517 g/mol. The monoisotopic (exact) mass is 516 g/mol. The first kappa shape index (κ1) is 24.0. The summed E-state index contributed by atoms with van der Waals surface area (Å²) in [5, 5.41) is 3.94. The van der Waals surface area contributed by atoms with Gasteiger partial charge in [-0.25, -0.2) is 9.78 Å². The van der Waals surface area contributed by atoms with Gasteiger partial charge < -0.3 is 4.57 Å². The summed E-state index contributed by atoms with van der Waals surface area (Å²) in [6, 6.07) is 9.31. The van der Waals surface area contributed by atoms with E-state index in [4.69, 9.17) is 0 Å². The molecular weight excluding hydrogens is 480 g/mol. The highest BCUT2D eigenvalue weighted by molar-refractivity contribution is 5.75. The van der Waals surface area contributed by atoms with E-state index in [1.54, 1.807) is 0 Å². The van der Waals surface area contributed by atoms with E-state index in [1.807, 2.05) is 28.8 Å². The zero-order valence-electron chi connectivity index (χ0n) is 21.8. The summed E-state index contributed by atoms with van der Waals surface area (Å²) < 4.78 is 2.80. The van der Waals surface area contributed by atoms with Crippen LogP contribution in [-0.4, -0.2) is 47.3 Å². The molecule has 9 nitrogen and oxygen atoms in total. The number of aromatic amines is 1. The molecule has 2 aliphatic heterocycles. The van der Waals surface area contributed by atoms with Gasteiger partial charge in [0.2, 0.25) is 5.82 Å². The predicted octanol–water partition coefficient (Wildman–Crippen LogP) is 3.55. The largest absolute Gasteiger partial charge is 0.351 e. The Kier molecular flexibility index (Phi) is 6.06. The number of hydrogen-bond donors (Lipinski definition) is 1. The second-order valence-corrected chi connectivity index (χ2v) is 12.1.